The molecule has 0 radical (unpaired) electrons. The average Bonchev–Trinajstić information content (AvgIpc) is 2.90. The van der Waals surface area contributed by atoms with E-state index in [4.69, 9.17) is 0 Å². The highest BCUT2D eigenvalue weighted by Gasteiger charge is 2.34. The minimum absolute atomic E-state index is 0.837. The summed E-state index contributed by atoms with van der Waals surface area (Å²) in [6.07, 6.45) is 5.28. The lowest BCUT2D eigenvalue weighted by Gasteiger charge is -2.24. The number of benzene rings is 1. The summed E-state index contributed by atoms with van der Waals surface area (Å²) in [6, 6.07) is 6.56. The zero-order valence-electron chi connectivity index (χ0n) is 12.4. The Morgan fingerprint density at radius 2 is 2.14 bits per heavy atom. The van der Waals surface area contributed by atoms with Crippen molar-refractivity contribution in [2.45, 2.75) is 18.2 Å². The molecule has 0 aliphatic carbocycles. The van der Waals surface area contributed by atoms with Crippen LogP contribution < -0.4 is 5.32 Å². The van der Waals surface area contributed by atoms with Crippen molar-refractivity contribution in [3.63, 3.8) is 0 Å². The van der Waals surface area contributed by atoms with Gasteiger partial charge in [-0.25, -0.2) is 4.31 Å². The number of aryl methyl sites for hydroxylation is 1. The molecule has 0 amide bonds. The zero-order chi connectivity index (χ0) is 14.2. The van der Waals surface area contributed by atoms with Crippen LogP contribution in [-0.2, 0) is 0 Å². The highest BCUT2D eigenvalue weighted by atomic mass is 32.2. The number of nitrogens with one attached hydrogen (secondary N) is 1. The van der Waals surface area contributed by atoms with Crippen molar-refractivity contribution < 1.29 is 0 Å². The standard InChI is InChI=1S/C17H21N3S/c1-12-7-19-8-13-3-2-4-16(17(12)13)21-20-10-14-5-6-18-9-15(14)11-20/h2-4,7-8,14-15,18H,5-6,9-11H2,1H3. The molecule has 3 nitrogen and oxygen atoms in total. The van der Waals surface area contributed by atoms with Crippen LogP contribution in [-0.4, -0.2) is 35.5 Å². The topological polar surface area (TPSA) is 28.2 Å². The molecule has 2 unspecified atom stereocenters. The normalized spacial score (nSPS) is 26.1. The molecule has 0 saturated carbocycles. The van der Waals surface area contributed by atoms with Crippen LogP contribution in [0.25, 0.3) is 10.8 Å². The molecule has 0 bridgehead atoms. The van der Waals surface area contributed by atoms with E-state index in [1.54, 1.807) is 0 Å². The van der Waals surface area contributed by atoms with E-state index >= 15 is 0 Å². The van der Waals surface area contributed by atoms with Crippen molar-refractivity contribution in [1.82, 2.24) is 14.6 Å². The summed E-state index contributed by atoms with van der Waals surface area (Å²) in [7, 11) is 0. The molecule has 1 aromatic heterocycles. The van der Waals surface area contributed by atoms with E-state index in [1.807, 2.05) is 24.3 Å². The molecule has 3 heterocycles. The van der Waals surface area contributed by atoms with Crippen LogP contribution in [0.15, 0.2) is 35.5 Å². The number of rotatable bonds is 2. The molecule has 2 aliphatic rings. The van der Waals surface area contributed by atoms with Gasteiger partial charge in [0.15, 0.2) is 0 Å². The molecule has 1 aromatic carbocycles. The van der Waals surface area contributed by atoms with Crippen molar-refractivity contribution in [3.05, 3.63) is 36.2 Å². The highest BCUT2D eigenvalue weighted by Crippen LogP contribution is 2.38. The molecule has 4 heteroatoms. The smallest absolute Gasteiger partial charge is 0.0346 e. The lowest BCUT2D eigenvalue weighted by atomic mass is 9.90. The number of fused-ring (bicyclic) bond motifs is 2. The second kappa shape index (κ2) is 5.59. The molecule has 2 aliphatic heterocycles. The number of piperidine rings is 1. The van der Waals surface area contributed by atoms with Gasteiger partial charge in [-0.15, -0.1) is 0 Å². The second-order valence-corrected chi connectivity index (χ2v) is 7.40. The number of nitrogens with zero attached hydrogens (tertiary/aromatic N) is 2. The summed E-state index contributed by atoms with van der Waals surface area (Å²) in [5.41, 5.74) is 1.27. The highest BCUT2D eigenvalue weighted by molar-refractivity contribution is 7.97. The van der Waals surface area contributed by atoms with Gasteiger partial charge in [0, 0.05) is 41.2 Å². The van der Waals surface area contributed by atoms with E-state index in [0.29, 0.717) is 0 Å². The Bertz CT molecular complexity index is 638. The van der Waals surface area contributed by atoms with E-state index in [-0.39, 0.29) is 0 Å². The maximum atomic E-state index is 4.31. The Labute approximate surface area is 130 Å². The van der Waals surface area contributed by atoms with E-state index in [0.717, 1.165) is 11.8 Å². The third-order valence-electron chi connectivity index (χ3n) is 4.80. The zero-order valence-corrected chi connectivity index (χ0v) is 13.2. The fourth-order valence-corrected chi connectivity index (χ4v) is 5.01. The van der Waals surface area contributed by atoms with E-state index in [1.165, 1.54) is 53.8 Å². The molecule has 110 valence electrons. The fraction of sp³-hybridized carbons (Fsp3) is 0.471. The van der Waals surface area contributed by atoms with Gasteiger partial charge in [0.1, 0.15) is 0 Å². The van der Waals surface area contributed by atoms with Crippen LogP contribution in [0.4, 0.5) is 0 Å². The molecule has 2 aromatic rings. The summed E-state index contributed by atoms with van der Waals surface area (Å²) in [5.74, 6) is 1.72. The van der Waals surface area contributed by atoms with Gasteiger partial charge in [0.2, 0.25) is 0 Å². The SMILES string of the molecule is Cc1cncc2cccc(SN3CC4CCNCC4C3)c12. The summed E-state index contributed by atoms with van der Waals surface area (Å²) in [4.78, 5) is 5.69. The summed E-state index contributed by atoms with van der Waals surface area (Å²) in [5, 5.41) is 6.15. The molecule has 1 N–H and O–H groups in total. The Morgan fingerprint density at radius 3 is 3.05 bits per heavy atom. The number of hydrogen-bond donors (Lipinski definition) is 1. The Hall–Kier alpha value is -1.10. The number of aromatic nitrogens is 1. The van der Waals surface area contributed by atoms with Gasteiger partial charge >= 0.3 is 0 Å². The largest absolute Gasteiger partial charge is 0.316 e. The maximum absolute atomic E-state index is 4.31. The molecule has 4 rings (SSSR count). The first kappa shape index (κ1) is 13.6. The molecule has 2 saturated heterocycles. The van der Waals surface area contributed by atoms with Crippen LogP contribution >= 0.6 is 11.9 Å². The Kier molecular flexibility index (Phi) is 3.61. The van der Waals surface area contributed by atoms with Crippen LogP contribution in [0.1, 0.15) is 12.0 Å². The first-order valence-corrected chi connectivity index (χ1v) is 8.55. The lowest BCUT2D eigenvalue weighted by molar-refractivity contribution is 0.318. The van der Waals surface area contributed by atoms with Gasteiger partial charge < -0.3 is 5.32 Å². The van der Waals surface area contributed by atoms with E-state index in [9.17, 15) is 0 Å². The van der Waals surface area contributed by atoms with Crippen molar-refractivity contribution in [2.24, 2.45) is 11.8 Å². The van der Waals surface area contributed by atoms with Gasteiger partial charge in [0.05, 0.1) is 0 Å². The minimum Gasteiger partial charge on any atom is -0.316 e. The first-order chi connectivity index (χ1) is 10.3. The van der Waals surface area contributed by atoms with Crippen LogP contribution in [0.3, 0.4) is 0 Å². The van der Waals surface area contributed by atoms with Gasteiger partial charge in [-0.05, 0) is 61.8 Å². The molecular weight excluding hydrogens is 278 g/mol. The minimum atomic E-state index is 0.837. The molecule has 2 fully saturated rings. The van der Waals surface area contributed by atoms with Crippen LogP contribution in [0.2, 0.25) is 0 Å². The third kappa shape index (κ3) is 2.56. The molecule has 0 spiro atoms. The van der Waals surface area contributed by atoms with Gasteiger partial charge in [-0.2, -0.15) is 0 Å². The lowest BCUT2D eigenvalue weighted by Crippen LogP contribution is -2.35. The quantitative estimate of drug-likeness (QED) is 0.863. The summed E-state index contributed by atoms with van der Waals surface area (Å²) in [6.45, 7) is 6.99. The predicted octanol–water partition coefficient (Wildman–Crippen LogP) is 3.09. The summed E-state index contributed by atoms with van der Waals surface area (Å²) >= 11 is 1.94. The molecular formula is C17H21N3S. The maximum Gasteiger partial charge on any atom is 0.0346 e. The Morgan fingerprint density at radius 1 is 1.24 bits per heavy atom. The van der Waals surface area contributed by atoms with Crippen molar-refractivity contribution >= 4 is 22.7 Å². The van der Waals surface area contributed by atoms with Gasteiger partial charge in [-0.3, -0.25) is 4.98 Å². The summed E-state index contributed by atoms with van der Waals surface area (Å²) < 4.78 is 2.57. The fourth-order valence-electron chi connectivity index (χ4n) is 3.69. The number of hydrogen-bond acceptors (Lipinski definition) is 4. The predicted molar refractivity (Wildman–Crippen MR) is 88.4 cm³/mol. The van der Waals surface area contributed by atoms with Gasteiger partial charge in [-0.1, -0.05) is 12.1 Å². The van der Waals surface area contributed by atoms with Crippen molar-refractivity contribution in [2.75, 3.05) is 26.2 Å². The van der Waals surface area contributed by atoms with Gasteiger partial charge in [0.25, 0.3) is 0 Å². The Balaban J connectivity index is 1.60. The van der Waals surface area contributed by atoms with E-state index in [2.05, 4.69) is 39.7 Å². The molecule has 21 heavy (non-hydrogen) atoms. The van der Waals surface area contributed by atoms with Crippen molar-refractivity contribution in [1.29, 1.82) is 0 Å². The third-order valence-corrected chi connectivity index (χ3v) is 5.90. The number of pyridine rings is 1. The molecule has 2 atom stereocenters. The van der Waals surface area contributed by atoms with Crippen LogP contribution in [0.5, 0.6) is 0 Å². The van der Waals surface area contributed by atoms with Crippen molar-refractivity contribution in [3.8, 4) is 0 Å². The monoisotopic (exact) mass is 299 g/mol. The first-order valence-electron chi connectivity index (χ1n) is 7.78. The van der Waals surface area contributed by atoms with E-state index < -0.39 is 0 Å². The van der Waals surface area contributed by atoms with Crippen LogP contribution in [0, 0.1) is 18.8 Å². The average molecular weight is 299 g/mol. The second-order valence-electron chi connectivity index (χ2n) is 6.26.